The fourth-order valence-electron chi connectivity index (χ4n) is 2.10. The summed E-state index contributed by atoms with van der Waals surface area (Å²) in [4.78, 5) is 0. The molecule has 84 valence electrons. The Balaban J connectivity index is 2.30. The van der Waals surface area contributed by atoms with Gasteiger partial charge in [-0.2, -0.15) is 0 Å². The zero-order chi connectivity index (χ0) is 10.6. The molecule has 3 N–H and O–H groups in total. The van der Waals surface area contributed by atoms with Crippen LogP contribution in [0.2, 0.25) is 0 Å². The SMILES string of the molecule is CC(C)CCC(NN)C1COC(C)C1. The molecule has 3 heteroatoms. The number of nitrogens with one attached hydrogen (secondary N) is 1. The maximum absolute atomic E-state index is 5.58. The van der Waals surface area contributed by atoms with Gasteiger partial charge in [0, 0.05) is 12.0 Å². The summed E-state index contributed by atoms with van der Waals surface area (Å²) in [5, 5.41) is 0. The highest BCUT2D eigenvalue weighted by Gasteiger charge is 2.28. The summed E-state index contributed by atoms with van der Waals surface area (Å²) in [5.41, 5.74) is 2.94. The maximum Gasteiger partial charge on any atom is 0.0551 e. The molecule has 0 saturated carbocycles. The minimum atomic E-state index is 0.412. The van der Waals surface area contributed by atoms with Gasteiger partial charge in [0.2, 0.25) is 0 Å². The molecule has 1 fully saturated rings. The number of hydrogen-bond acceptors (Lipinski definition) is 3. The van der Waals surface area contributed by atoms with Gasteiger partial charge in [0.05, 0.1) is 12.7 Å². The third kappa shape index (κ3) is 3.56. The van der Waals surface area contributed by atoms with Crippen molar-refractivity contribution < 1.29 is 4.74 Å². The maximum atomic E-state index is 5.58. The molecule has 14 heavy (non-hydrogen) atoms. The fourth-order valence-corrected chi connectivity index (χ4v) is 2.10. The Morgan fingerprint density at radius 1 is 1.43 bits per heavy atom. The molecular formula is C11H24N2O. The van der Waals surface area contributed by atoms with E-state index in [0.29, 0.717) is 18.1 Å². The topological polar surface area (TPSA) is 47.3 Å². The van der Waals surface area contributed by atoms with Gasteiger partial charge in [0.25, 0.3) is 0 Å². The van der Waals surface area contributed by atoms with Crippen LogP contribution in [0.3, 0.4) is 0 Å². The molecule has 0 aromatic carbocycles. The van der Waals surface area contributed by atoms with Crippen molar-refractivity contribution in [2.75, 3.05) is 6.61 Å². The second-order valence-corrected chi connectivity index (χ2v) is 4.88. The minimum absolute atomic E-state index is 0.412. The second-order valence-electron chi connectivity index (χ2n) is 4.88. The Morgan fingerprint density at radius 2 is 2.14 bits per heavy atom. The average molecular weight is 200 g/mol. The lowest BCUT2D eigenvalue weighted by atomic mass is 9.91. The molecule has 0 amide bonds. The molecule has 0 bridgehead atoms. The molecule has 0 aromatic rings. The van der Waals surface area contributed by atoms with Crippen LogP contribution < -0.4 is 11.3 Å². The van der Waals surface area contributed by atoms with Gasteiger partial charge >= 0.3 is 0 Å². The van der Waals surface area contributed by atoms with Crippen LogP contribution in [-0.2, 0) is 4.74 Å². The largest absolute Gasteiger partial charge is 0.378 e. The van der Waals surface area contributed by atoms with Crippen molar-refractivity contribution >= 4 is 0 Å². The van der Waals surface area contributed by atoms with Crippen LogP contribution in [0.1, 0.15) is 40.0 Å². The summed E-state index contributed by atoms with van der Waals surface area (Å²) >= 11 is 0. The summed E-state index contributed by atoms with van der Waals surface area (Å²) in [6, 6.07) is 0.433. The molecule has 3 unspecified atom stereocenters. The number of rotatable bonds is 5. The molecule has 1 saturated heterocycles. The zero-order valence-corrected chi connectivity index (χ0v) is 9.62. The summed E-state index contributed by atoms with van der Waals surface area (Å²) in [7, 11) is 0. The Labute approximate surface area is 87.4 Å². The molecule has 3 atom stereocenters. The number of nitrogens with two attached hydrogens (primary N) is 1. The molecule has 0 aliphatic carbocycles. The molecule has 1 aliphatic heterocycles. The van der Waals surface area contributed by atoms with Crippen LogP contribution in [0.15, 0.2) is 0 Å². The van der Waals surface area contributed by atoms with E-state index in [1.165, 1.54) is 6.42 Å². The van der Waals surface area contributed by atoms with Crippen molar-refractivity contribution in [1.29, 1.82) is 0 Å². The Kier molecular flexibility index (Phi) is 4.85. The lowest BCUT2D eigenvalue weighted by molar-refractivity contribution is 0.116. The first-order valence-electron chi connectivity index (χ1n) is 5.71. The van der Waals surface area contributed by atoms with Crippen molar-refractivity contribution in [1.82, 2.24) is 5.43 Å². The van der Waals surface area contributed by atoms with Crippen molar-refractivity contribution in [2.24, 2.45) is 17.7 Å². The first-order chi connectivity index (χ1) is 6.63. The van der Waals surface area contributed by atoms with Crippen LogP contribution in [-0.4, -0.2) is 18.8 Å². The van der Waals surface area contributed by atoms with Gasteiger partial charge in [-0.05, 0) is 32.1 Å². The number of hydrogen-bond donors (Lipinski definition) is 2. The highest BCUT2D eigenvalue weighted by atomic mass is 16.5. The lowest BCUT2D eigenvalue weighted by Crippen LogP contribution is -2.41. The highest BCUT2D eigenvalue weighted by Crippen LogP contribution is 2.25. The van der Waals surface area contributed by atoms with E-state index >= 15 is 0 Å². The highest BCUT2D eigenvalue weighted by molar-refractivity contribution is 4.81. The molecule has 0 aromatic heterocycles. The molecule has 0 radical (unpaired) electrons. The van der Waals surface area contributed by atoms with Crippen LogP contribution in [0, 0.1) is 11.8 Å². The minimum Gasteiger partial charge on any atom is -0.378 e. The second kappa shape index (κ2) is 5.69. The van der Waals surface area contributed by atoms with Crippen LogP contribution in [0.4, 0.5) is 0 Å². The molecule has 0 spiro atoms. The Hall–Kier alpha value is -0.120. The van der Waals surface area contributed by atoms with Gasteiger partial charge in [-0.25, -0.2) is 0 Å². The summed E-state index contributed by atoms with van der Waals surface area (Å²) < 4.78 is 5.56. The van der Waals surface area contributed by atoms with Gasteiger partial charge in [0.15, 0.2) is 0 Å². The van der Waals surface area contributed by atoms with E-state index in [1.54, 1.807) is 0 Å². The van der Waals surface area contributed by atoms with E-state index in [1.807, 2.05) is 0 Å². The Morgan fingerprint density at radius 3 is 2.57 bits per heavy atom. The van der Waals surface area contributed by atoms with E-state index in [9.17, 15) is 0 Å². The summed E-state index contributed by atoms with van der Waals surface area (Å²) in [6.07, 6.45) is 3.96. The standard InChI is InChI=1S/C11H24N2O/c1-8(2)4-5-11(13-12)10-6-9(3)14-7-10/h8-11,13H,4-7,12H2,1-3H3. The fraction of sp³-hybridized carbons (Fsp3) is 1.00. The molecular weight excluding hydrogens is 176 g/mol. The van der Waals surface area contributed by atoms with E-state index in [4.69, 9.17) is 10.6 Å². The zero-order valence-electron chi connectivity index (χ0n) is 9.62. The van der Waals surface area contributed by atoms with Gasteiger partial charge in [0.1, 0.15) is 0 Å². The average Bonchev–Trinajstić information content (AvgIpc) is 2.53. The van der Waals surface area contributed by atoms with Crippen LogP contribution >= 0.6 is 0 Å². The first-order valence-corrected chi connectivity index (χ1v) is 5.71. The molecule has 1 aliphatic rings. The molecule has 1 heterocycles. The number of hydrazine groups is 1. The molecule has 3 nitrogen and oxygen atoms in total. The monoisotopic (exact) mass is 200 g/mol. The predicted molar refractivity (Wildman–Crippen MR) is 58.7 cm³/mol. The van der Waals surface area contributed by atoms with E-state index in [0.717, 1.165) is 25.4 Å². The van der Waals surface area contributed by atoms with Crippen molar-refractivity contribution in [3.05, 3.63) is 0 Å². The van der Waals surface area contributed by atoms with Gasteiger partial charge in [-0.1, -0.05) is 13.8 Å². The third-order valence-corrected chi connectivity index (χ3v) is 3.07. The van der Waals surface area contributed by atoms with Crippen LogP contribution in [0.5, 0.6) is 0 Å². The van der Waals surface area contributed by atoms with E-state index in [-0.39, 0.29) is 0 Å². The third-order valence-electron chi connectivity index (χ3n) is 3.07. The molecule has 1 rings (SSSR count). The summed E-state index contributed by atoms with van der Waals surface area (Å²) in [5.74, 6) is 6.94. The van der Waals surface area contributed by atoms with Crippen molar-refractivity contribution in [3.63, 3.8) is 0 Å². The quantitative estimate of drug-likeness (QED) is 0.524. The van der Waals surface area contributed by atoms with E-state index in [2.05, 4.69) is 26.2 Å². The first kappa shape index (κ1) is 12.0. The van der Waals surface area contributed by atoms with Crippen LogP contribution in [0.25, 0.3) is 0 Å². The predicted octanol–water partition coefficient (Wildman–Crippen LogP) is 1.68. The van der Waals surface area contributed by atoms with E-state index < -0.39 is 0 Å². The van der Waals surface area contributed by atoms with Crippen molar-refractivity contribution in [3.8, 4) is 0 Å². The smallest absolute Gasteiger partial charge is 0.0551 e. The van der Waals surface area contributed by atoms with Crippen molar-refractivity contribution in [2.45, 2.75) is 52.2 Å². The summed E-state index contributed by atoms with van der Waals surface area (Å²) in [6.45, 7) is 7.51. The van der Waals surface area contributed by atoms with Gasteiger partial charge in [-0.3, -0.25) is 11.3 Å². The normalized spacial score (nSPS) is 29.8. The number of ether oxygens (including phenoxy) is 1. The lowest BCUT2D eigenvalue weighted by Gasteiger charge is -2.22. The Bertz CT molecular complexity index is 161. The van der Waals surface area contributed by atoms with Gasteiger partial charge in [-0.15, -0.1) is 0 Å². The van der Waals surface area contributed by atoms with Gasteiger partial charge < -0.3 is 4.74 Å².